The minimum atomic E-state index is -0.304. The van der Waals surface area contributed by atoms with Crippen LogP contribution in [0.5, 0.6) is 0 Å². The molecule has 0 saturated heterocycles. The van der Waals surface area contributed by atoms with E-state index in [-0.39, 0.29) is 17.8 Å². The Balaban J connectivity index is 1.85. The van der Waals surface area contributed by atoms with Crippen molar-refractivity contribution < 1.29 is 13.7 Å². The molecule has 1 unspecified atom stereocenters. The standard InChI is InChI=1S/C17H22FN3O2/c1-4-12(2)21(3)16(22)7-5-6-15-19-17(20-23-15)13-8-10-14(18)11-9-13/h8-12H,4-7H2,1-3H3. The van der Waals surface area contributed by atoms with E-state index < -0.39 is 0 Å². The summed E-state index contributed by atoms with van der Waals surface area (Å²) >= 11 is 0. The molecule has 124 valence electrons. The highest BCUT2D eigenvalue weighted by atomic mass is 19.1. The second-order valence-electron chi connectivity index (χ2n) is 5.63. The number of nitrogens with zero attached hydrogens (tertiary/aromatic N) is 3. The second-order valence-corrected chi connectivity index (χ2v) is 5.63. The van der Waals surface area contributed by atoms with Crippen LogP contribution in [0.4, 0.5) is 4.39 Å². The van der Waals surface area contributed by atoms with Crippen molar-refractivity contribution >= 4 is 5.91 Å². The molecule has 0 spiro atoms. The molecule has 0 saturated carbocycles. The number of aromatic nitrogens is 2. The average molecular weight is 319 g/mol. The van der Waals surface area contributed by atoms with Gasteiger partial charge in [-0.25, -0.2) is 4.39 Å². The first-order valence-corrected chi connectivity index (χ1v) is 7.85. The Kier molecular flexibility index (Phi) is 5.84. The Labute approximate surface area is 135 Å². The lowest BCUT2D eigenvalue weighted by molar-refractivity contribution is -0.131. The Morgan fingerprint density at radius 1 is 1.35 bits per heavy atom. The van der Waals surface area contributed by atoms with Crippen LogP contribution in [-0.4, -0.2) is 34.0 Å². The summed E-state index contributed by atoms with van der Waals surface area (Å²) in [5.41, 5.74) is 0.703. The zero-order valence-electron chi connectivity index (χ0n) is 13.8. The highest BCUT2D eigenvalue weighted by Crippen LogP contribution is 2.17. The van der Waals surface area contributed by atoms with Gasteiger partial charge in [-0.1, -0.05) is 12.1 Å². The molecule has 1 atom stereocenters. The minimum absolute atomic E-state index is 0.123. The third kappa shape index (κ3) is 4.61. The van der Waals surface area contributed by atoms with Gasteiger partial charge in [-0.05, 0) is 44.0 Å². The van der Waals surface area contributed by atoms with Gasteiger partial charge in [0.1, 0.15) is 5.82 Å². The van der Waals surface area contributed by atoms with Crippen molar-refractivity contribution in [3.63, 3.8) is 0 Å². The van der Waals surface area contributed by atoms with Crippen LogP contribution in [0.3, 0.4) is 0 Å². The van der Waals surface area contributed by atoms with Gasteiger partial charge in [0.15, 0.2) is 0 Å². The Bertz CT molecular complexity index is 640. The molecule has 5 nitrogen and oxygen atoms in total. The van der Waals surface area contributed by atoms with Crippen LogP contribution < -0.4 is 0 Å². The lowest BCUT2D eigenvalue weighted by Crippen LogP contribution is -2.34. The van der Waals surface area contributed by atoms with E-state index in [9.17, 15) is 9.18 Å². The van der Waals surface area contributed by atoms with E-state index in [1.165, 1.54) is 12.1 Å². The number of hydrogen-bond acceptors (Lipinski definition) is 4. The van der Waals surface area contributed by atoms with Crippen molar-refractivity contribution in [2.24, 2.45) is 0 Å². The Morgan fingerprint density at radius 2 is 2.04 bits per heavy atom. The Morgan fingerprint density at radius 3 is 2.70 bits per heavy atom. The summed E-state index contributed by atoms with van der Waals surface area (Å²) in [6.45, 7) is 4.09. The van der Waals surface area contributed by atoms with E-state index >= 15 is 0 Å². The molecule has 2 aromatic rings. The maximum absolute atomic E-state index is 12.9. The fourth-order valence-corrected chi connectivity index (χ4v) is 2.16. The van der Waals surface area contributed by atoms with E-state index in [1.807, 2.05) is 14.0 Å². The third-order valence-electron chi connectivity index (χ3n) is 4.00. The van der Waals surface area contributed by atoms with Crippen molar-refractivity contribution in [3.8, 4) is 11.4 Å². The largest absolute Gasteiger partial charge is 0.343 e. The summed E-state index contributed by atoms with van der Waals surface area (Å²) in [4.78, 5) is 18.1. The van der Waals surface area contributed by atoms with Gasteiger partial charge in [0, 0.05) is 31.5 Å². The molecular weight excluding hydrogens is 297 g/mol. The maximum Gasteiger partial charge on any atom is 0.226 e. The number of aryl methyl sites for hydroxylation is 1. The van der Waals surface area contributed by atoms with Gasteiger partial charge < -0.3 is 9.42 Å². The van der Waals surface area contributed by atoms with Gasteiger partial charge in [0.25, 0.3) is 0 Å². The predicted octanol–water partition coefficient (Wildman–Crippen LogP) is 3.46. The molecule has 6 heteroatoms. The molecule has 0 N–H and O–H groups in total. The number of carbonyl (C=O) groups is 1. The van der Waals surface area contributed by atoms with Gasteiger partial charge in [0.2, 0.25) is 17.6 Å². The maximum atomic E-state index is 12.9. The van der Waals surface area contributed by atoms with Crippen LogP contribution in [0, 0.1) is 5.82 Å². The molecule has 23 heavy (non-hydrogen) atoms. The summed E-state index contributed by atoms with van der Waals surface area (Å²) in [5, 5.41) is 3.89. The number of carbonyl (C=O) groups excluding carboxylic acids is 1. The number of rotatable bonds is 7. The first kappa shape index (κ1) is 17.1. The van der Waals surface area contributed by atoms with Crippen LogP contribution in [0.15, 0.2) is 28.8 Å². The summed E-state index contributed by atoms with van der Waals surface area (Å²) < 4.78 is 18.1. The lowest BCUT2D eigenvalue weighted by atomic mass is 10.2. The fourth-order valence-electron chi connectivity index (χ4n) is 2.16. The number of benzene rings is 1. The van der Waals surface area contributed by atoms with Crippen molar-refractivity contribution in [2.45, 2.75) is 45.6 Å². The van der Waals surface area contributed by atoms with E-state index in [0.29, 0.717) is 36.5 Å². The van der Waals surface area contributed by atoms with Gasteiger partial charge >= 0.3 is 0 Å². The molecule has 1 heterocycles. The van der Waals surface area contributed by atoms with Gasteiger partial charge in [-0.15, -0.1) is 0 Å². The van der Waals surface area contributed by atoms with E-state index in [2.05, 4.69) is 17.1 Å². The quantitative estimate of drug-likeness (QED) is 0.784. The van der Waals surface area contributed by atoms with Crippen molar-refractivity contribution in [3.05, 3.63) is 36.0 Å². The van der Waals surface area contributed by atoms with Crippen molar-refractivity contribution in [1.29, 1.82) is 0 Å². The third-order valence-corrected chi connectivity index (χ3v) is 4.00. The smallest absolute Gasteiger partial charge is 0.226 e. The molecule has 1 aromatic heterocycles. The fraction of sp³-hybridized carbons (Fsp3) is 0.471. The normalized spacial score (nSPS) is 12.2. The first-order chi connectivity index (χ1) is 11.0. The zero-order valence-corrected chi connectivity index (χ0v) is 13.8. The predicted molar refractivity (Wildman–Crippen MR) is 85.2 cm³/mol. The second kappa shape index (κ2) is 7.85. The molecule has 0 radical (unpaired) electrons. The number of amides is 1. The monoisotopic (exact) mass is 319 g/mol. The summed E-state index contributed by atoms with van der Waals surface area (Å²) in [7, 11) is 1.83. The highest BCUT2D eigenvalue weighted by Gasteiger charge is 2.15. The molecule has 0 aliphatic rings. The van der Waals surface area contributed by atoms with Gasteiger partial charge in [-0.3, -0.25) is 4.79 Å². The van der Waals surface area contributed by atoms with E-state index in [4.69, 9.17) is 4.52 Å². The summed E-state index contributed by atoms with van der Waals surface area (Å²) in [6, 6.07) is 6.17. The number of halogens is 1. The molecule has 1 amide bonds. The minimum Gasteiger partial charge on any atom is -0.343 e. The topological polar surface area (TPSA) is 59.2 Å². The lowest BCUT2D eigenvalue weighted by Gasteiger charge is -2.23. The number of hydrogen-bond donors (Lipinski definition) is 0. The Hall–Kier alpha value is -2.24. The molecule has 0 bridgehead atoms. The van der Waals surface area contributed by atoms with Crippen LogP contribution >= 0.6 is 0 Å². The molecule has 2 rings (SSSR count). The molecule has 0 fully saturated rings. The SMILES string of the molecule is CCC(C)N(C)C(=O)CCCc1nc(-c2ccc(F)cc2)no1. The highest BCUT2D eigenvalue weighted by molar-refractivity contribution is 5.76. The van der Waals surface area contributed by atoms with Crippen molar-refractivity contribution in [2.75, 3.05) is 7.05 Å². The molecular formula is C17H22FN3O2. The van der Waals surface area contributed by atoms with Crippen LogP contribution in [-0.2, 0) is 11.2 Å². The van der Waals surface area contributed by atoms with Gasteiger partial charge in [0.05, 0.1) is 0 Å². The van der Waals surface area contributed by atoms with Crippen LogP contribution in [0.2, 0.25) is 0 Å². The summed E-state index contributed by atoms with van der Waals surface area (Å²) in [5.74, 6) is 0.741. The van der Waals surface area contributed by atoms with Crippen LogP contribution in [0.25, 0.3) is 11.4 Å². The van der Waals surface area contributed by atoms with E-state index in [1.54, 1.807) is 17.0 Å². The molecule has 1 aromatic carbocycles. The van der Waals surface area contributed by atoms with Crippen LogP contribution in [0.1, 0.15) is 39.0 Å². The first-order valence-electron chi connectivity index (χ1n) is 7.85. The summed E-state index contributed by atoms with van der Waals surface area (Å²) in [6.07, 6.45) is 2.60. The van der Waals surface area contributed by atoms with Crippen molar-refractivity contribution in [1.82, 2.24) is 15.0 Å². The molecule has 0 aliphatic carbocycles. The van der Waals surface area contributed by atoms with E-state index in [0.717, 1.165) is 6.42 Å². The van der Waals surface area contributed by atoms with Gasteiger partial charge in [-0.2, -0.15) is 4.98 Å². The molecule has 0 aliphatic heterocycles. The zero-order chi connectivity index (χ0) is 16.8. The average Bonchev–Trinajstić information content (AvgIpc) is 3.02.